The average Bonchev–Trinajstić information content (AvgIpc) is 2.67. The zero-order valence-electron chi connectivity index (χ0n) is 16.4. The molecule has 0 atom stereocenters. The highest BCUT2D eigenvalue weighted by atomic mass is 127. The summed E-state index contributed by atoms with van der Waals surface area (Å²) in [5.74, 6) is 0.403. The van der Waals surface area contributed by atoms with Crippen molar-refractivity contribution in [1.82, 2.24) is 4.90 Å². The summed E-state index contributed by atoms with van der Waals surface area (Å²) in [6, 6.07) is 16.5. The Hall–Kier alpha value is -1.64. The number of methoxy groups -OCH3 is 1. The first-order chi connectivity index (χ1) is 12.7. The second kappa shape index (κ2) is 12.7. The molecule has 0 heterocycles. The fourth-order valence-electron chi connectivity index (χ4n) is 2.73. The van der Waals surface area contributed by atoms with E-state index in [1.54, 1.807) is 7.11 Å². The number of benzene rings is 2. The highest BCUT2D eigenvalue weighted by Gasteiger charge is 2.03. The summed E-state index contributed by atoms with van der Waals surface area (Å²) in [7, 11) is 1.68. The second-order valence-electron chi connectivity index (χ2n) is 6.19. The molecule has 0 aliphatic carbocycles. The highest BCUT2D eigenvalue weighted by molar-refractivity contribution is 14.0. The molecule has 148 valence electrons. The number of aliphatic imine (C=N–C) groups is 1. The monoisotopic (exact) mass is 482 g/mol. The van der Waals surface area contributed by atoms with E-state index in [1.807, 2.05) is 24.3 Å². The van der Waals surface area contributed by atoms with Crippen LogP contribution in [0.1, 0.15) is 30.5 Å². The predicted octanol–water partition coefficient (Wildman–Crippen LogP) is 4.22. The van der Waals surface area contributed by atoms with Crippen molar-refractivity contribution in [3.8, 4) is 0 Å². The quantitative estimate of drug-likeness (QED) is 0.319. The summed E-state index contributed by atoms with van der Waals surface area (Å²) in [6.07, 6.45) is 0. The van der Waals surface area contributed by atoms with Crippen molar-refractivity contribution in [2.45, 2.75) is 33.5 Å². The van der Waals surface area contributed by atoms with E-state index in [0.29, 0.717) is 19.1 Å². The van der Waals surface area contributed by atoms with Gasteiger partial charge >= 0.3 is 0 Å². The molecule has 6 heteroatoms. The number of nitrogens with zero attached hydrogens (tertiary/aromatic N) is 2. The number of halogens is 1. The van der Waals surface area contributed by atoms with Crippen LogP contribution in [-0.2, 0) is 24.4 Å². The molecule has 0 saturated carbocycles. The van der Waals surface area contributed by atoms with Gasteiger partial charge in [0.1, 0.15) is 0 Å². The lowest BCUT2D eigenvalue weighted by Gasteiger charge is -2.18. The van der Waals surface area contributed by atoms with Gasteiger partial charge in [-0.15, -0.1) is 24.0 Å². The summed E-state index contributed by atoms with van der Waals surface area (Å²) in [4.78, 5) is 6.84. The maximum atomic E-state index is 6.04. The Balaban J connectivity index is 0.00000364. The molecular weight excluding hydrogens is 451 g/mol. The summed E-state index contributed by atoms with van der Waals surface area (Å²) in [6.45, 7) is 8.57. The van der Waals surface area contributed by atoms with Crippen LogP contribution in [0, 0.1) is 0 Å². The first kappa shape index (κ1) is 23.4. The Morgan fingerprint density at radius 2 is 1.67 bits per heavy atom. The standard InChI is InChI=1S/C21H30N4O.HI/c1-4-25(5-2)15-18-12-10-17(11-13-18)14-23-21(22)24-20-9-7-6-8-19(20)16-26-3;/h6-13H,4-5,14-16H2,1-3H3,(H3,22,23,24);1H. The van der Waals surface area contributed by atoms with Crippen LogP contribution in [0.4, 0.5) is 5.69 Å². The Morgan fingerprint density at radius 3 is 2.30 bits per heavy atom. The van der Waals surface area contributed by atoms with E-state index in [4.69, 9.17) is 10.5 Å². The number of anilines is 1. The number of nitrogens with two attached hydrogens (primary N) is 1. The first-order valence-electron chi connectivity index (χ1n) is 9.10. The van der Waals surface area contributed by atoms with Gasteiger partial charge in [0, 0.05) is 24.9 Å². The van der Waals surface area contributed by atoms with Crippen molar-refractivity contribution < 1.29 is 4.74 Å². The van der Waals surface area contributed by atoms with E-state index in [-0.39, 0.29) is 24.0 Å². The van der Waals surface area contributed by atoms with Gasteiger partial charge in [-0.1, -0.05) is 56.3 Å². The minimum Gasteiger partial charge on any atom is -0.380 e. The van der Waals surface area contributed by atoms with Gasteiger partial charge in [0.25, 0.3) is 0 Å². The third-order valence-corrected chi connectivity index (χ3v) is 4.34. The molecule has 0 aliphatic heterocycles. The summed E-state index contributed by atoms with van der Waals surface area (Å²) in [5.41, 5.74) is 10.5. The van der Waals surface area contributed by atoms with Crippen LogP contribution in [0.25, 0.3) is 0 Å². The van der Waals surface area contributed by atoms with E-state index >= 15 is 0 Å². The molecule has 0 amide bonds. The molecule has 2 aromatic rings. The normalized spacial score (nSPS) is 11.3. The van der Waals surface area contributed by atoms with Crippen molar-refractivity contribution in [3.05, 3.63) is 65.2 Å². The number of hydrogen-bond acceptors (Lipinski definition) is 3. The van der Waals surface area contributed by atoms with Crippen molar-refractivity contribution >= 4 is 35.6 Å². The molecule has 0 aliphatic rings. The first-order valence-corrected chi connectivity index (χ1v) is 9.10. The van der Waals surface area contributed by atoms with Gasteiger partial charge in [-0.2, -0.15) is 0 Å². The van der Waals surface area contributed by atoms with Crippen molar-refractivity contribution in [2.24, 2.45) is 10.7 Å². The number of rotatable bonds is 9. The number of ether oxygens (including phenoxy) is 1. The van der Waals surface area contributed by atoms with Gasteiger partial charge in [-0.3, -0.25) is 4.90 Å². The molecule has 2 aromatic carbocycles. The maximum absolute atomic E-state index is 6.04. The third-order valence-electron chi connectivity index (χ3n) is 4.34. The van der Waals surface area contributed by atoms with Crippen LogP contribution in [-0.4, -0.2) is 31.1 Å². The lowest BCUT2D eigenvalue weighted by molar-refractivity contribution is 0.185. The molecule has 3 N–H and O–H groups in total. The summed E-state index contributed by atoms with van der Waals surface area (Å²) < 4.78 is 5.21. The van der Waals surface area contributed by atoms with E-state index in [9.17, 15) is 0 Å². The Bertz CT molecular complexity index is 700. The van der Waals surface area contributed by atoms with Crippen molar-refractivity contribution in [2.75, 3.05) is 25.5 Å². The van der Waals surface area contributed by atoms with E-state index in [1.165, 1.54) is 5.56 Å². The fraction of sp³-hybridized carbons (Fsp3) is 0.381. The topological polar surface area (TPSA) is 62.9 Å². The van der Waals surface area contributed by atoms with Gasteiger partial charge in [-0.25, -0.2) is 4.99 Å². The molecular formula is C21H31IN4O. The maximum Gasteiger partial charge on any atom is 0.193 e. The number of hydrogen-bond donors (Lipinski definition) is 2. The van der Waals surface area contributed by atoms with Crippen LogP contribution >= 0.6 is 24.0 Å². The molecule has 5 nitrogen and oxygen atoms in total. The van der Waals surface area contributed by atoms with Gasteiger partial charge in [0.2, 0.25) is 0 Å². The Labute approximate surface area is 180 Å². The van der Waals surface area contributed by atoms with Gasteiger partial charge < -0.3 is 15.8 Å². The highest BCUT2D eigenvalue weighted by Crippen LogP contribution is 2.15. The predicted molar refractivity (Wildman–Crippen MR) is 125 cm³/mol. The fourth-order valence-corrected chi connectivity index (χ4v) is 2.73. The smallest absolute Gasteiger partial charge is 0.193 e. The van der Waals surface area contributed by atoms with E-state index in [2.05, 4.69) is 53.3 Å². The lowest BCUT2D eigenvalue weighted by Crippen LogP contribution is -2.23. The zero-order chi connectivity index (χ0) is 18.8. The van der Waals surface area contributed by atoms with Crippen LogP contribution in [0.2, 0.25) is 0 Å². The molecule has 0 fully saturated rings. The number of guanidine groups is 1. The largest absolute Gasteiger partial charge is 0.380 e. The average molecular weight is 482 g/mol. The van der Waals surface area contributed by atoms with E-state index in [0.717, 1.165) is 36.4 Å². The van der Waals surface area contributed by atoms with Gasteiger partial charge in [-0.05, 0) is 30.3 Å². The lowest BCUT2D eigenvalue weighted by atomic mass is 10.1. The van der Waals surface area contributed by atoms with Crippen LogP contribution in [0.5, 0.6) is 0 Å². The van der Waals surface area contributed by atoms with Crippen LogP contribution in [0.15, 0.2) is 53.5 Å². The van der Waals surface area contributed by atoms with E-state index < -0.39 is 0 Å². The SMILES string of the molecule is CCN(CC)Cc1ccc(CN=C(N)Nc2ccccc2COC)cc1.I. The molecule has 0 radical (unpaired) electrons. The molecule has 0 aromatic heterocycles. The molecule has 27 heavy (non-hydrogen) atoms. The Kier molecular flexibility index (Phi) is 11.0. The summed E-state index contributed by atoms with van der Waals surface area (Å²) >= 11 is 0. The van der Waals surface area contributed by atoms with Crippen molar-refractivity contribution in [1.29, 1.82) is 0 Å². The molecule has 0 spiro atoms. The minimum atomic E-state index is 0. The number of para-hydroxylation sites is 1. The zero-order valence-corrected chi connectivity index (χ0v) is 18.8. The van der Waals surface area contributed by atoms with Gasteiger partial charge in [0.15, 0.2) is 5.96 Å². The van der Waals surface area contributed by atoms with Crippen LogP contribution < -0.4 is 11.1 Å². The minimum absolute atomic E-state index is 0. The number of nitrogens with one attached hydrogen (secondary N) is 1. The molecule has 2 rings (SSSR count). The van der Waals surface area contributed by atoms with Crippen LogP contribution in [0.3, 0.4) is 0 Å². The molecule has 0 saturated heterocycles. The molecule has 0 bridgehead atoms. The third kappa shape index (κ3) is 7.86. The van der Waals surface area contributed by atoms with Gasteiger partial charge in [0.05, 0.1) is 13.2 Å². The van der Waals surface area contributed by atoms with Crippen molar-refractivity contribution in [3.63, 3.8) is 0 Å². The Morgan fingerprint density at radius 1 is 1.04 bits per heavy atom. The summed E-state index contributed by atoms with van der Waals surface area (Å²) in [5, 5.41) is 3.16. The second-order valence-corrected chi connectivity index (χ2v) is 6.19. The molecule has 0 unspecified atom stereocenters.